The number of hydrogen-bond acceptors (Lipinski definition) is 3. The van der Waals surface area contributed by atoms with E-state index < -0.39 is 0 Å². The quantitative estimate of drug-likeness (QED) is 0.735. The summed E-state index contributed by atoms with van der Waals surface area (Å²) >= 11 is 0. The highest BCUT2D eigenvalue weighted by atomic mass is 16.5. The van der Waals surface area contributed by atoms with E-state index in [0.717, 1.165) is 5.56 Å². The minimum absolute atomic E-state index is 0.0232. The Labute approximate surface area is 101 Å². The molecule has 0 aromatic heterocycles. The van der Waals surface area contributed by atoms with Gasteiger partial charge >= 0.3 is 5.97 Å². The monoisotopic (exact) mass is 232 g/mol. The van der Waals surface area contributed by atoms with Gasteiger partial charge in [-0.3, -0.25) is 9.59 Å². The molecule has 0 N–H and O–H groups in total. The summed E-state index contributed by atoms with van der Waals surface area (Å²) in [6, 6.07) is 9.74. The van der Waals surface area contributed by atoms with Gasteiger partial charge in [0.1, 0.15) is 5.78 Å². The summed E-state index contributed by atoms with van der Waals surface area (Å²) in [5.41, 5.74) is 1.05. The number of esters is 1. The lowest BCUT2D eigenvalue weighted by Crippen LogP contribution is -2.30. The molecular weight excluding hydrogens is 216 g/mol. The number of methoxy groups -OCH3 is 1. The Bertz CT molecular complexity index is 411. The van der Waals surface area contributed by atoms with Crippen molar-refractivity contribution in [2.75, 3.05) is 7.11 Å². The standard InChI is InChI=1S/C14H16O3/c1-17-14(16)12-8-7-11(15)9-13(12)10-5-3-2-4-6-10/h2-6,12-13H,7-9H2,1H3/t12-,13-/m0/s1. The minimum Gasteiger partial charge on any atom is -0.469 e. The highest BCUT2D eigenvalue weighted by Gasteiger charge is 2.35. The van der Waals surface area contributed by atoms with Gasteiger partial charge in [0.2, 0.25) is 0 Å². The number of carbonyl (C=O) groups is 2. The highest BCUT2D eigenvalue weighted by Crippen LogP contribution is 2.36. The van der Waals surface area contributed by atoms with Crippen LogP contribution in [-0.2, 0) is 14.3 Å². The van der Waals surface area contributed by atoms with Crippen molar-refractivity contribution in [2.45, 2.75) is 25.2 Å². The molecular formula is C14H16O3. The average molecular weight is 232 g/mol. The molecule has 0 heterocycles. The second kappa shape index (κ2) is 5.13. The lowest BCUT2D eigenvalue weighted by Gasteiger charge is -2.29. The van der Waals surface area contributed by atoms with Crippen LogP contribution in [0.2, 0.25) is 0 Å². The molecule has 1 aromatic rings. The van der Waals surface area contributed by atoms with Gasteiger partial charge in [-0.15, -0.1) is 0 Å². The lowest BCUT2D eigenvalue weighted by atomic mass is 9.75. The fourth-order valence-electron chi connectivity index (χ4n) is 2.49. The number of ketones is 1. The predicted molar refractivity (Wildman–Crippen MR) is 63.5 cm³/mol. The summed E-state index contributed by atoms with van der Waals surface area (Å²) in [5, 5.41) is 0. The predicted octanol–water partition coefficient (Wildman–Crippen LogP) is 2.31. The maximum absolute atomic E-state index is 11.7. The summed E-state index contributed by atoms with van der Waals surface area (Å²) in [6.45, 7) is 0. The fraction of sp³-hybridized carbons (Fsp3) is 0.429. The number of benzene rings is 1. The largest absolute Gasteiger partial charge is 0.469 e. The van der Waals surface area contributed by atoms with Crippen LogP contribution in [0.15, 0.2) is 30.3 Å². The van der Waals surface area contributed by atoms with Crippen molar-refractivity contribution in [3.8, 4) is 0 Å². The van der Waals surface area contributed by atoms with Crippen LogP contribution in [0, 0.1) is 5.92 Å². The Hall–Kier alpha value is -1.64. The average Bonchev–Trinajstić information content (AvgIpc) is 2.39. The molecule has 2 atom stereocenters. The minimum atomic E-state index is -0.202. The van der Waals surface area contributed by atoms with E-state index >= 15 is 0 Å². The second-order valence-electron chi connectivity index (χ2n) is 4.43. The van der Waals surface area contributed by atoms with Crippen molar-refractivity contribution >= 4 is 11.8 Å². The lowest BCUT2D eigenvalue weighted by molar-refractivity contribution is -0.147. The van der Waals surface area contributed by atoms with E-state index in [1.165, 1.54) is 7.11 Å². The zero-order chi connectivity index (χ0) is 12.3. The van der Waals surface area contributed by atoms with Crippen molar-refractivity contribution in [1.29, 1.82) is 0 Å². The molecule has 1 aliphatic carbocycles. The molecule has 1 fully saturated rings. The summed E-state index contributed by atoms with van der Waals surface area (Å²) in [6.07, 6.45) is 1.54. The van der Waals surface area contributed by atoms with Gasteiger partial charge in [0.05, 0.1) is 13.0 Å². The van der Waals surface area contributed by atoms with Crippen molar-refractivity contribution in [3.05, 3.63) is 35.9 Å². The highest BCUT2D eigenvalue weighted by molar-refractivity contribution is 5.84. The van der Waals surface area contributed by atoms with E-state index in [9.17, 15) is 9.59 Å². The molecule has 90 valence electrons. The molecule has 0 radical (unpaired) electrons. The first kappa shape index (κ1) is 11.8. The van der Waals surface area contributed by atoms with Crippen molar-refractivity contribution in [3.63, 3.8) is 0 Å². The van der Waals surface area contributed by atoms with E-state index in [4.69, 9.17) is 4.74 Å². The SMILES string of the molecule is COC(=O)[C@H]1CCC(=O)C[C@H]1c1ccccc1. The maximum Gasteiger partial charge on any atom is 0.309 e. The van der Waals surface area contributed by atoms with Crippen molar-refractivity contribution in [1.82, 2.24) is 0 Å². The number of ether oxygens (including phenoxy) is 1. The van der Waals surface area contributed by atoms with Gasteiger partial charge in [0.25, 0.3) is 0 Å². The molecule has 0 bridgehead atoms. The third kappa shape index (κ3) is 2.54. The molecule has 0 amide bonds. The van der Waals surface area contributed by atoms with Gasteiger partial charge in [0, 0.05) is 18.8 Å². The Morgan fingerprint density at radius 1 is 1.29 bits per heavy atom. The molecule has 0 spiro atoms. The van der Waals surface area contributed by atoms with Gasteiger partial charge in [-0.05, 0) is 12.0 Å². The zero-order valence-corrected chi connectivity index (χ0v) is 9.89. The number of rotatable bonds is 2. The molecule has 1 aliphatic rings. The van der Waals surface area contributed by atoms with Crippen molar-refractivity contribution in [2.24, 2.45) is 5.92 Å². The molecule has 3 heteroatoms. The third-order valence-corrected chi connectivity index (χ3v) is 3.40. The van der Waals surface area contributed by atoms with Gasteiger partial charge in [-0.1, -0.05) is 30.3 Å². The van der Waals surface area contributed by atoms with Crippen LogP contribution < -0.4 is 0 Å². The smallest absolute Gasteiger partial charge is 0.309 e. The van der Waals surface area contributed by atoms with E-state index in [1.807, 2.05) is 30.3 Å². The molecule has 0 aliphatic heterocycles. The number of hydrogen-bond donors (Lipinski definition) is 0. The first-order valence-electron chi connectivity index (χ1n) is 5.87. The van der Waals surface area contributed by atoms with Gasteiger partial charge in [-0.2, -0.15) is 0 Å². The summed E-state index contributed by atoms with van der Waals surface area (Å²) in [4.78, 5) is 23.3. The van der Waals surface area contributed by atoms with E-state index in [1.54, 1.807) is 0 Å². The first-order chi connectivity index (χ1) is 8.22. The number of Topliss-reactive ketones (excluding diaryl/α,β-unsaturated/α-hetero) is 1. The molecule has 2 rings (SSSR count). The van der Waals surface area contributed by atoms with Crippen LogP contribution in [0.4, 0.5) is 0 Å². The van der Waals surface area contributed by atoms with Gasteiger partial charge < -0.3 is 4.74 Å². The van der Waals surface area contributed by atoms with E-state index in [-0.39, 0.29) is 23.6 Å². The molecule has 1 aromatic carbocycles. The van der Waals surface area contributed by atoms with Gasteiger partial charge in [-0.25, -0.2) is 0 Å². The fourth-order valence-corrected chi connectivity index (χ4v) is 2.49. The summed E-state index contributed by atoms with van der Waals surface area (Å²) in [5.74, 6) is -0.171. The van der Waals surface area contributed by atoms with Crippen LogP contribution in [0.5, 0.6) is 0 Å². The van der Waals surface area contributed by atoms with Crippen LogP contribution in [0.3, 0.4) is 0 Å². The summed E-state index contributed by atoms with van der Waals surface area (Å²) in [7, 11) is 1.40. The molecule has 17 heavy (non-hydrogen) atoms. The van der Waals surface area contributed by atoms with Crippen molar-refractivity contribution < 1.29 is 14.3 Å². The first-order valence-corrected chi connectivity index (χ1v) is 5.87. The third-order valence-electron chi connectivity index (χ3n) is 3.40. The van der Waals surface area contributed by atoms with Crippen LogP contribution in [0.25, 0.3) is 0 Å². The second-order valence-corrected chi connectivity index (χ2v) is 4.43. The topological polar surface area (TPSA) is 43.4 Å². The Morgan fingerprint density at radius 3 is 2.65 bits per heavy atom. The van der Waals surface area contributed by atoms with Crippen LogP contribution in [0.1, 0.15) is 30.7 Å². The zero-order valence-electron chi connectivity index (χ0n) is 9.89. The number of carbonyl (C=O) groups excluding carboxylic acids is 2. The molecule has 1 saturated carbocycles. The van der Waals surface area contributed by atoms with E-state index in [2.05, 4.69) is 0 Å². The van der Waals surface area contributed by atoms with Crippen LogP contribution in [-0.4, -0.2) is 18.9 Å². The van der Waals surface area contributed by atoms with Gasteiger partial charge in [0.15, 0.2) is 0 Å². The molecule has 0 saturated heterocycles. The Morgan fingerprint density at radius 2 is 2.00 bits per heavy atom. The Kier molecular flexibility index (Phi) is 3.57. The summed E-state index contributed by atoms with van der Waals surface area (Å²) < 4.78 is 4.83. The molecule has 0 unspecified atom stereocenters. The normalized spacial score (nSPS) is 24.4. The molecule has 3 nitrogen and oxygen atoms in total. The van der Waals surface area contributed by atoms with E-state index in [0.29, 0.717) is 19.3 Å². The Balaban J connectivity index is 2.26. The van der Waals surface area contributed by atoms with Crippen LogP contribution >= 0.6 is 0 Å². The maximum atomic E-state index is 11.7.